The molecule has 2 rings (SSSR count). The molecule has 20 heavy (non-hydrogen) atoms. The van der Waals surface area contributed by atoms with Crippen LogP contribution in [0.1, 0.15) is 10.6 Å². The van der Waals surface area contributed by atoms with Crippen molar-refractivity contribution in [2.75, 3.05) is 26.2 Å². The van der Waals surface area contributed by atoms with E-state index in [0.717, 1.165) is 0 Å². The average molecular weight is 275 g/mol. The van der Waals surface area contributed by atoms with Gasteiger partial charge in [-0.15, -0.1) is 0 Å². The van der Waals surface area contributed by atoms with Crippen molar-refractivity contribution in [2.24, 2.45) is 0 Å². The molecule has 0 aliphatic heterocycles. The molecule has 8 heteroatoms. The number of nitrogens with zero attached hydrogens (tertiary/aromatic N) is 5. The highest BCUT2D eigenvalue weighted by atomic mass is 16.5. The molecule has 2 aromatic rings. The molecule has 0 N–H and O–H groups in total. The largest absolute Gasteiger partial charge is 0.481 e. The van der Waals surface area contributed by atoms with Crippen LogP contribution >= 0.6 is 0 Å². The van der Waals surface area contributed by atoms with Crippen molar-refractivity contribution in [1.29, 1.82) is 0 Å². The SMILES string of the molecule is COc1cc(OC)nc(C(=O)N(C)c2ncccn2)n1. The number of amides is 1. The Balaban J connectivity index is 2.33. The second-order valence-corrected chi connectivity index (χ2v) is 3.69. The molecular formula is C12H13N5O3. The number of aromatic nitrogens is 4. The quantitative estimate of drug-likeness (QED) is 0.805. The van der Waals surface area contributed by atoms with E-state index in [1.54, 1.807) is 18.5 Å². The van der Waals surface area contributed by atoms with E-state index >= 15 is 0 Å². The fourth-order valence-electron chi connectivity index (χ4n) is 1.41. The summed E-state index contributed by atoms with van der Waals surface area (Å²) in [7, 11) is 4.42. The summed E-state index contributed by atoms with van der Waals surface area (Å²) in [6.45, 7) is 0. The lowest BCUT2D eigenvalue weighted by Gasteiger charge is -2.14. The Morgan fingerprint density at radius 1 is 1.10 bits per heavy atom. The van der Waals surface area contributed by atoms with Gasteiger partial charge in [-0.25, -0.2) is 9.97 Å². The minimum absolute atomic E-state index is 0.0591. The maximum absolute atomic E-state index is 12.3. The van der Waals surface area contributed by atoms with Crippen LogP contribution in [-0.2, 0) is 0 Å². The van der Waals surface area contributed by atoms with Gasteiger partial charge < -0.3 is 9.47 Å². The first kappa shape index (κ1) is 13.7. The summed E-state index contributed by atoms with van der Waals surface area (Å²) >= 11 is 0. The standard InChI is InChI=1S/C12H13N5O3/c1-17(12-13-5-4-6-14-12)11(18)10-15-8(19-2)7-9(16-10)20-3/h4-7H,1-3H3. The van der Waals surface area contributed by atoms with Crippen LogP contribution in [-0.4, -0.2) is 47.1 Å². The van der Waals surface area contributed by atoms with Crippen LogP contribution in [0.15, 0.2) is 24.5 Å². The van der Waals surface area contributed by atoms with Gasteiger partial charge in [0.05, 0.1) is 20.3 Å². The van der Waals surface area contributed by atoms with Crippen molar-refractivity contribution in [3.8, 4) is 11.8 Å². The maximum Gasteiger partial charge on any atom is 0.298 e. The minimum Gasteiger partial charge on any atom is -0.481 e. The fourth-order valence-corrected chi connectivity index (χ4v) is 1.41. The molecular weight excluding hydrogens is 262 g/mol. The summed E-state index contributed by atoms with van der Waals surface area (Å²) in [4.78, 5) is 29.5. The monoisotopic (exact) mass is 275 g/mol. The molecule has 0 unspecified atom stereocenters. The van der Waals surface area contributed by atoms with Gasteiger partial charge in [0.2, 0.25) is 23.5 Å². The Kier molecular flexibility index (Phi) is 4.04. The number of ether oxygens (including phenoxy) is 2. The molecule has 2 heterocycles. The summed E-state index contributed by atoms with van der Waals surface area (Å²) in [5, 5.41) is 0. The molecule has 0 spiro atoms. The molecule has 2 aromatic heterocycles. The minimum atomic E-state index is -0.464. The predicted molar refractivity (Wildman–Crippen MR) is 69.9 cm³/mol. The molecule has 0 bridgehead atoms. The molecule has 1 amide bonds. The van der Waals surface area contributed by atoms with Crippen LogP contribution in [0.2, 0.25) is 0 Å². The molecule has 0 saturated heterocycles. The predicted octanol–water partition coefficient (Wildman–Crippen LogP) is 0.560. The number of rotatable bonds is 4. The number of methoxy groups -OCH3 is 2. The number of anilines is 1. The first-order chi connectivity index (χ1) is 9.65. The highest BCUT2D eigenvalue weighted by molar-refractivity contribution is 6.02. The Hall–Kier alpha value is -2.77. The van der Waals surface area contributed by atoms with Crippen LogP contribution < -0.4 is 14.4 Å². The van der Waals surface area contributed by atoms with Crippen molar-refractivity contribution in [3.05, 3.63) is 30.4 Å². The zero-order valence-electron chi connectivity index (χ0n) is 11.3. The molecule has 104 valence electrons. The lowest BCUT2D eigenvalue weighted by Crippen LogP contribution is -2.29. The van der Waals surface area contributed by atoms with Crippen molar-refractivity contribution in [1.82, 2.24) is 19.9 Å². The zero-order chi connectivity index (χ0) is 14.5. The third-order valence-electron chi connectivity index (χ3n) is 2.45. The summed E-state index contributed by atoms with van der Waals surface area (Å²) in [5.41, 5.74) is 0. The zero-order valence-corrected chi connectivity index (χ0v) is 11.3. The van der Waals surface area contributed by atoms with E-state index in [0.29, 0.717) is 0 Å². The van der Waals surface area contributed by atoms with Crippen LogP contribution in [0, 0.1) is 0 Å². The number of hydrogen-bond donors (Lipinski definition) is 0. The van der Waals surface area contributed by atoms with E-state index in [-0.39, 0.29) is 23.5 Å². The van der Waals surface area contributed by atoms with Gasteiger partial charge in [0.25, 0.3) is 5.91 Å². The normalized spacial score (nSPS) is 9.95. The molecule has 0 aromatic carbocycles. The lowest BCUT2D eigenvalue weighted by molar-refractivity contribution is 0.0979. The van der Waals surface area contributed by atoms with Crippen LogP contribution in [0.25, 0.3) is 0 Å². The van der Waals surface area contributed by atoms with Crippen LogP contribution in [0.4, 0.5) is 5.95 Å². The van der Waals surface area contributed by atoms with E-state index in [1.807, 2.05) is 0 Å². The van der Waals surface area contributed by atoms with Gasteiger partial charge in [-0.2, -0.15) is 9.97 Å². The van der Waals surface area contributed by atoms with Gasteiger partial charge in [0, 0.05) is 19.4 Å². The van der Waals surface area contributed by atoms with Crippen LogP contribution in [0.5, 0.6) is 11.8 Å². The lowest BCUT2D eigenvalue weighted by atomic mass is 10.4. The van der Waals surface area contributed by atoms with Gasteiger partial charge in [-0.1, -0.05) is 0 Å². The van der Waals surface area contributed by atoms with E-state index in [1.165, 1.54) is 32.2 Å². The smallest absolute Gasteiger partial charge is 0.298 e. The van der Waals surface area contributed by atoms with Crippen molar-refractivity contribution >= 4 is 11.9 Å². The number of carbonyl (C=O) groups excluding carboxylic acids is 1. The van der Waals surface area contributed by atoms with E-state index in [4.69, 9.17) is 9.47 Å². The van der Waals surface area contributed by atoms with Crippen molar-refractivity contribution in [2.45, 2.75) is 0 Å². The molecule has 0 saturated carbocycles. The van der Waals surface area contributed by atoms with E-state index in [9.17, 15) is 4.79 Å². The van der Waals surface area contributed by atoms with Gasteiger partial charge >= 0.3 is 0 Å². The summed E-state index contributed by atoms with van der Waals surface area (Å²) in [6.07, 6.45) is 3.08. The molecule has 0 aliphatic carbocycles. The third kappa shape index (κ3) is 2.79. The van der Waals surface area contributed by atoms with E-state index < -0.39 is 5.91 Å². The molecule has 8 nitrogen and oxygen atoms in total. The Morgan fingerprint density at radius 3 is 2.15 bits per heavy atom. The maximum atomic E-state index is 12.3. The number of carbonyl (C=O) groups is 1. The second kappa shape index (κ2) is 5.91. The topological polar surface area (TPSA) is 90.3 Å². The van der Waals surface area contributed by atoms with Gasteiger partial charge in [-0.05, 0) is 6.07 Å². The van der Waals surface area contributed by atoms with Crippen molar-refractivity contribution < 1.29 is 14.3 Å². The van der Waals surface area contributed by atoms with Gasteiger partial charge in [0.1, 0.15) is 0 Å². The number of hydrogen-bond acceptors (Lipinski definition) is 7. The van der Waals surface area contributed by atoms with Crippen LogP contribution in [0.3, 0.4) is 0 Å². The Morgan fingerprint density at radius 2 is 1.65 bits per heavy atom. The molecule has 0 radical (unpaired) electrons. The fraction of sp³-hybridized carbons (Fsp3) is 0.250. The summed E-state index contributed by atoms with van der Waals surface area (Å²) in [5.74, 6) is 0.206. The first-order valence-electron chi connectivity index (χ1n) is 5.68. The second-order valence-electron chi connectivity index (χ2n) is 3.69. The summed E-state index contributed by atoms with van der Waals surface area (Å²) < 4.78 is 10.00. The molecule has 0 fully saturated rings. The van der Waals surface area contributed by atoms with E-state index in [2.05, 4.69) is 19.9 Å². The summed E-state index contributed by atoms with van der Waals surface area (Å²) in [6, 6.07) is 3.14. The van der Waals surface area contributed by atoms with Gasteiger partial charge in [-0.3, -0.25) is 9.69 Å². The highest BCUT2D eigenvalue weighted by Crippen LogP contribution is 2.16. The van der Waals surface area contributed by atoms with Crippen molar-refractivity contribution in [3.63, 3.8) is 0 Å². The van der Waals surface area contributed by atoms with Gasteiger partial charge in [0.15, 0.2) is 0 Å². The highest BCUT2D eigenvalue weighted by Gasteiger charge is 2.20. The third-order valence-corrected chi connectivity index (χ3v) is 2.45. The Labute approximate surface area is 115 Å². The molecule has 0 atom stereocenters. The average Bonchev–Trinajstić information content (AvgIpc) is 2.53. The molecule has 0 aliphatic rings. The Bertz CT molecular complexity index is 583. The first-order valence-corrected chi connectivity index (χ1v) is 5.68.